The number of hydrogen-bond donors (Lipinski definition) is 0. The molecule has 1 aliphatic rings. The van der Waals surface area contributed by atoms with E-state index in [0.29, 0.717) is 24.2 Å². The molecule has 0 spiro atoms. The van der Waals surface area contributed by atoms with Crippen molar-refractivity contribution < 1.29 is 22.7 Å². The molecule has 0 saturated heterocycles. The van der Waals surface area contributed by atoms with Crippen molar-refractivity contribution >= 4 is 15.9 Å². The number of sulfone groups is 1. The van der Waals surface area contributed by atoms with E-state index < -0.39 is 15.4 Å². The van der Waals surface area contributed by atoms with Gasteiger partial charge in [-0.05, 0) is 25.0 Å². The molecule has 1 saturated carbocycles. The van der Waals surface area contributed by atoms with Gasteiger partial charge in [0.15, 0.2) is 9.84 Å². The Labute approximate surface area is 117 Å². The summed E-state index contributed by atoms with van der Waals surface area (Å²) in [6.07, 6.45) is 3.77. The number of aliphatic imine (C=N–C) groups is 1. The third kappa shape index (κ3) is 2.30. The quantitative estimate of drug-likeness (QED) is 0.606. The van der Waals surface area contributed by atoms with Crippen molar-refractivity contribution in [3.05, 3.63) is 17.7 Å². The Morgan fingerprint density at radius 2 is 1.75 bits per heavy atom. The number of isocyanates is 1. The molecular weight excluding hydrogens is 282 g/mol. The molecule has 1 aliphatic carbocycles. The molecule has 108 valence electrons. The number of nitrogens with zero attached hydrogens (tertiary/aromatic N) is 1. The van der Waals surface area contributed by atoms with Crippen molar-refractivity contribution in [2.75, 3.05) is 20.5 Å². The van der Waals surface area contributed by atoms with Crippen molar-refractivity contribution in [3.63, 3.8) is 0 Å². The lowest BCUT2D eigenvalue weighted by Gasteiger charge is -2.19. The van der Waals surface area contributed by atoms with Crippen molar-refractivity contribution in [2.24, 2.45) is 4.99 Å². The molecule has 2 rings (SSSR count). The second-order valence-electron chi connectivity index (χ2n) is 4.68. The summed E-state index contributed by atoms with van der Waals surface area (Å²) in [5, 5.41) is 0. The van der Waals surface area contributed by atoms with E-state index in [0.717, 1.165) is 6.26 Å². The minimum atomic E-state index is -3.57. The van der Waals surface area contributed by atoms with E-state index in [4.69, 9.17) is 9.47 Å². The largest absolute Gasteiger partial charge is 0.496 e. The Morgan fingerprint density at radius 3 is 2.15 bits per heavy atom. The first-order chi connectivity index (χ1) is 9.39. The molecule has 0 bridgehead atoms. The van der Waals surface area contributed by atoms with Gasteiger partial charge in [-0.1, -0.05) is 0 Å². The second-order valence-corrected chi connectivity index (χ2v) is 6.63. The molecule has 0 atom stereocenters. The lowest BCUT2D eigenvalue weighted by atomic mass is 10.0. The molecule has 7 heteroatoms. The zero-order chi connectivity index (χ0) is 15.0. The van der Waals surface area contributed by atoms with E-state index in [1.165, 1.54) is 26.4 Å². The maximum Gasteiger partial charge on any atom is 0.235 e. The monoisotopic (exact) mass is 297 g/mol. The molecule has 0 aromatic heterocycles. The number of benzene rings is 1. The highest BCUT2D eigenvalue weighted by Crippen LogP contribution is 2.55. The molecule has 0 N–H and O–H groups in total. The van der Waals surface area contributed by atoms with E-state index in [1.54, 1.807) is 6.07 Å². The van der Waals surface area contributed by atoms with E-state index in [2.05, 4.69) is 4.99 Å². The molecule has 0 heterocycles. The van der Waals surface area contributed by atoms with Gasteiger partial charge in [0.25, 0.3) is 0 Å². The normalized spacial score (nSPS) is 16.1. The maximum atomic E-state index is 12.1. The number of ether oxygens (including phenoxy) is 2. The summed E-state index contributed by atoms with van der Waals surface area (Å²) in [6.45, 7) is 0. The Hall–Kier alpha value is -1.85. The minimum Gasteiger partial charge on any atom is -0.496 e. The molecule has 6 nitrogen and oxygen atoms in total. The van der Waals surface area contributed by atoms with Crippen LogP contribution < -0.4 is 9.47 Å². The van der Waals surface area contributed by atoms with Gasteiger partial charge in [0.05, 0.1) is 14.2 Å². The summed E-state index contributed by atoms with van der Waals surface area (Å²) in [4.78, 5) is 14.5. The fourth-order valence-electron chi connectivity index (χ4n) is 2.31. The zero-order valence-corrected chi connectivity index (χ0v) is 12.3. The Balaban J connectivity index is 2.85. The summed E-state index contributed by atoms with van der Waals surface area (Å²) in [6, 6.07) is 3.14. The Kier molecular flexibility index (Phi) is 3.58. The Bertz CT molecular complexity index is 685. The first-order valence-electron chi connectivity index (χ1n) is 5.94. The standard InChI is InChI=1S/C13H15NO5S/c1-18-9-4-5-10(19-2)12(20(3,16)17)11(9)13(6-7-13)14-8-15/h4-5H,6-7H2,1-3H3. The van der Waals surface area contributed by atoms with Crippen molar-refractivity contribution in [3.8, 4) is 11.5 Å². The molecule has 20 heavy (non-hydrogen) atoms. The van der Waals surface area contributed by atoms with Crippen LogP contribution in [0.3, 0.4) is 0 Å². The number of methoxy groups -OCH3 is 2. The molecule has 0 aliphatic heterocycles. The average Bonchev–Trinajstić information content (AvgIpc) is 3.17. The van der Waals surface area contributed by atoms with Crippen LogP contribution in [-0.2, 0) is 20.2 Å². The van der Waals surface area contributed by atoms with E-state index in [-0.39, 0.29) is 10.6 Å². The lowest BCUT2D eigenvalue weighted by molar-refractivity contribution is 0.382. The summed E-state index contributed by atoms with van der Waals surface area (Å²) < 4.78 is 34.6. The maximum absolute atomic E-state index is 12.1. The van der Waals surface area contributed by atoms with Crippen LogP contribution in [0.1, 0.15) is 18.4 Å². The van der Waals surface area contributed by atoms with Gasteiger partial charge in [-0.15, -0.1) is 0 Å². The fourth-order valence-corrected chi connectivity index (χ4v) is 3.49. The highest BCUT2D eigenvalue weighted by molar-refractivity contribution is 7.90. The highest BCUT2D eigenvalue weighted by atomic mass is 32.2. The van der Waals surface area contributed by atoms with Crippen molar-refractivity contribution in [2.45, 2.75) is 23.3 Å². The summed E-state index contributed by atoms with van der Waals surface area (Å²) in [5.41, 5.74) is -0.481. The SMILES string of the molecule is COc1ccc(OC)c(S(C)(=O)=O)c1C1(N=C=O)CC1. The topological polar surface area (TPSA) is 82.0 Å². The van der Waals surface area contributed by atoms with Crippen LogP contribution in [0.15, 0.2) is 22.0 Å². The zero-order valence-electron chi connectivity index (χ0n) is 11.5. The summed E-state index contributed by atoms with van der Waals surface area (Å²) in [7, 11) is -0.731. The van der Waals surface area contributed by atoms with E-state index in [1.807, 2.05) is 0 Å². The first-order valence-corrected chi connectivity index (χ1v) is 7.83. The molecule has 0 unspecified atom stereocenters. The number of rotatable bonds is 5. The lowest BCUT2D eigenvalue weighted by Crippen LogP contribution is -2.14. The van der Waals surface area contributed by atoms with Gasteiger partial charge in [0, 0.05) is 11.8 Å². The molecule has 1 aromatic carbocycles. The van der Waals surface area contributed by atoms with Gasteiger partial charge in [0.1, 0.15) is 21.9 Å². The van der Waals surface area contributed by atoms with Gasteiger partial charge < -0.3 is 9.47 Å². The number of hydrogen-bond acceptors (Lipinski definition) is 6. The first kappa shape index (κ1) is 14.6. The Morgan fingerprint density at radius 1 is 1.20 bits per heavy atom. The third-order valence-corrected chi connectivity index (χ3v) is 4.49. The van der Waals surface area contributed by atoms with Gasteiger partial charge in [0.2, 0.25) is 6.08 Å². The second kappa shape index (κ2) is 4.92. The van der Waals surface area contributed by atoms with Gasteiger partial charge in [-0.3, -0.25) is 0 Å². The number of carbonyl (C=O) groups excluding carboxylic acids is 1. The summed E-state index contributed by atoms with van der Waals surface area (Å²) >= 11 is 0. The van der Waals surface area contributed by atoms with Crippen LogP contribution in [0.2, 0.25) is 0 Å². The third-order valence-electron chi connectivity index (χ3n) is 3.34. The van der Waals surface area contributed by atoms with Crippen LogP contribution in [0.25, 0.3) is 0 Å². The average molecular weight is 297 g/mol. The predicted molar refractivity (Wildman–Crippen MR) is 71.7 cm³/mol. The molecule has 1 aromatic rings. The van der Waals surface area contributed by atoms with Crippen LogP contribution in [0, 0.1) is 0 Å². The molecular formula is C13H15NO5S. The van der Waals surface area contributed by atoms with Crippen LogP contribution in [0.4, 0.5) is 0 Å². The molecule has 0 radical (unpaired) electrons. The summed E-state index contributed by atoms with van der Waals surface area (Å²) in [5.74, 6) is 0.596. The van der Waals surface area contributed by atoms with Gasteiger partial charge >= 0.3 is 0 Å². The van der Waals surface area contributed by atoms with Gasteiger partial charge in [-0.2, -0.15) is 4.99 Å². The van der Waals surface area contributed by atoms with E-state index in [9.17, 15) is 13.2 Å². The predicted octanol–water partition coefficient (Wildman–Crippen LogP) is 1.43. The van der Waals surface area contributed by atoms with Crippen LogP contribution >= 0.6 is 0 Å². The van der Waals surface area contributed by atoms with Crippen LogP contribution in [-0.4, -0.2) is 35.0 Å². The molecule has 0 amide bonds. The van der Waals surface area contributed by atoms with Gasteiger partial charge in [-0.25, -0.2) is 13.2 Å². The van der Waals surface area contributed by atoms with Crippen LogP contribution in [0.5, 0.6) is 11.5 Å². The highest BCUT2D eigenvalue weighted by Gasteiger charge is 2.50. The minimum absolute atomic E-state index is 0.0239. The molecule has 1 fully saturated rings. The van der Waals surface area contributed by atoms with Crippen molar-refractivity contribution in [1.29, 1.82) is 0 Å². The fraction of sp³-hybridized carbons (Fsp3) is 0.462. The van der Waals surface area contributed by atoms with Crippen molar-refractivity contribution in [1.82, 2.24) is 0 Å². The smallest absolute Gasteiger partial charge is 0.235 e. The van der Waals surface area contributed by atoms with E-state index >= 15 is 0 Å².